The minimum absolute atomic E-state index is 0. The summed E-state index contributed by atoms with van der Waals surface area (Å²) in [6.45, 7) is 5.42. The number of anilines is 1. The number of nitrogens with two attached hydrogens (primary N) is 1. The Labute approximate surface area is 189 Å². The number of halogens is 1. The highest BCUT2D eigenvalue weighted by Gasteiger charge is 2.24. The molecule has 2 saturated heterocycles. The van der Waals surface area contributed by atoms with E-state index in [1.165, 1.54) is 12.8 Å². The number of phenolic OH excluding ortho intramolecular Hbond substituents is 1. The van der Waals surface area contributed by atoms with Crippen LogP contribution in [0.3, 0.4) is 0 Å². The Morgan fingerprint density at radius 2 is 2.10 bits per heavy atom. The molecule has 3 heterocycles. The smallest absolute Gasteiger partial charge is 0.142 e. The molecule has 0 bridgehead atoms. The highest BCUT2D eigenvalue weighted by Crippen LogP contribution is 2.40. The fourth-order valence-electron chi connectivity index (χ4n) is 4.46. The van der Waals surface area contributed by atoms with Gasteiger partial charge in [0.2, 0.25) is 0 Å². The molecular weight excluding hydrogens is 414 g/mol. The SMILES string of the molecule is Cl.N#Cc1c(C2CCCNC2)cc(-c2c(O)cccc2OCCN2CCCC2)nc1N. The molecule has 166 valence electrons. The Balaban J connectivity index is 0.00000272. The molecule has 2 fully saturated rings. The first-order valence-electron chi connectivity index (χ1n) is 10.8. The standard InChI is InChI=1S/C23H29N5O2.ClH/c24-14-18-17(16-5-4-8-26-15-16)13-19(27-23(18)25)22-20(29)6-3-7-21(22)30-12-11-28-9-1-2-10-28;/h3,6-7,13,16,26,29H,1-2,4-5,8-12,15H2,(H2,25,27);1H. The van der Waals surface area contributed by atoms with E-state index in [0.717, 1.165) is 51.1 Å². The Kier molecular flexibility index (Phi) is 7.97. The summed E-state index contributed by atoms with van der Waals surface area (Å²) in [4.78, 5) is 6.84. The van der Waals surface area contributed by atoms with Gasteiger partial charge in [0.25, 0.3) is 0 Å². The van der Waals surface area contributed by atoms with Crippen molar-refractivity contribution < 1.29 is 9.84 Å². The zero-order valence-electron chi connectivity index (χ0n) is 17.6. The quantitative estimate of drug-likeness (QED) is 0.628. The van der Waals surface area contributed by atoms with Gasteiger partial charge in [0.15, 0.2) is 0 Å². The van der Waals surface area contributed by atoms with Gasteiger partial charge in [0.1, 0.15) is 30.0 Å². The average molecular weight is 444 g/mol. The number of pyridine rings is 1. The molecule has 2 aliphatic rings. The number of ether oxygens (including phenoxy) is 1. The lowest BCUT2D eigenvalue weighted by molar-refractivity contribution is 0.238. The zero-order chi connectivity index (χ0) is 20.9. The number of aromatic hydroxyl groups is 1. The summed E-state index contributed by atoms with van der Waals surface area (Å²) in [7, 11) is 0. The number of nitrogen functional groups attached to an aromatic ring is 1. The molecular formula is C23H30ClN5O2. The third-order valence-electron chi connectivity index (χ3n) is 6.05. The van der Waals surface area contributed by atoms with Crippen molar-refractivity contribution >= 4 is 18.2 Å². The van der Waals surface area contributed by atoms with E-state index in [2.05, 4.69) is 21.3 Å². The maximum absolute atomic E-state index is 10.6. The predicted octanol–water partition coefficient (Wildman–Crippen LogP) is 3.27. The van der Waals surface area contributed by atoms with Crippen LogP contribution in [0.15, 0.2) is 24.3 Å². The van der Waals surface area contributed by atoms with Crippen LogP contribution in [0.25, 0.3) is 11.3 Å². The number of benzene rings is 1. The first kappa shape index (κ1) is 23.1. The molecule has 0 radical (unpaired) electrons. The first-order valence-corrected chi connectivity index (χ1v) is 10.8. The lowest BCUT2D eigenvalue weighted by atomic mass is 9.88. The Morgan fingerprint density at radius 3 is 2.81 bits per heavy atom. The minimum Gasteiger partial charge on any atom is -0.507 e. The Morgan fingerprint density at radius 1 is 1.29 bits per heavy atom. The fourth-order valence-corrected chi connectivity index (χ4v) is 4.46. The molecule has 8 heteroatoms. The summed E-state index contributed by atoms with van der Waals surface area (Å²) >= 11 is 0. The van der Waals surface area contributed by atoms with Gasteiger partial charge in [0.05, 0.1) is 16.8 Å². The molecule has 4 N–H and O–H groups in total. The summed E-state index contributed by atoms with van der Waals surface area (Å²) in [5.41, 5.74) is 8.56. The average Bonchev–Trinajstić information content (AvgIpc) is 3.27. The van der Waals surface area contributed by atoms with Crippen molar-refractivity contribution in [2.75, 3.05) is 45.1 Å². The molecule has 7 nitrogen and oxygen atoms in total. The molecule has 1 atom stereocenters. The molecule has 0 aliphatic carbocycles. The lowest BCUT2D eigenvalue weighted by Gasteiger charge is -2.25. The van der Waals surface area contributed by atoms with Gasteiger partial charge in [-0.1, -0.05) is 6.07 Å². The summed E-state index contributed by atoms with van der Waals surface area (Å²) < 4.78 is 6.06. The topological polar surface area (TPSA) is 107 Å². The van der Waals surface area contributed by atoms with E-state index in [0.29, 0.717) is 29.2 Å². The number of hydrogen-bond donors (Lipinski definition) is 3. The number of likely N-dealkylation sites (tertiary alicyclic amines) is 1. The predicted molar refractivity (Wildman–Crippen MR) is 124 cm³/mol. The molecule has 0 spiro atoms. The van der Waals surface area contributed by atoms with Crippen LogP contribution in [0.5, 0.6) is 11.5 Å². The van der Waals surface area contributed by atoms with Crippen LogP contribution in [0.2, 0.25) is 0 Å². The number of hydrogen-bond acceptors (Lipinski definition) is 7. The van der Waals surface area contributed by atoms with Gasteiger partial charge in [-0.2, -0.15) is 5.26 Å². The van der Waals surface area contributed by atoms with Gasteiger partial charge in [0, 0.05) is 13.1 Å². The van der Waals surface area contributed by atoms with Crippen molar-refractivity contribution in [3.63, 3.8) is 0 Å². The van der Waals surface area contributed by atoms with Crippen molar-refractivity contribution in [3.05, 3.63) is 35.4 Å². The normalized spacial score (nSPS) is 18.9. The van der Waals surface area contributed by atoms with E-state index in [4.69, 9.17) is 10.5 Å². The van der Waals surface area contributed by atoms with Crippen LogP contribution >= 0.6 is 12.4 Å². The van der Waals surface area contributed by atoms with Crippen molar-refractivity contribution in [1.82, 2.24) is 15.2 Å². The molecule has 4 rings (SSSR count). The summed E-state index contributed by atoms with van der Waals surface area (Å²) in [5, 5.41) is 23.7. The van der Waals surface area contributed by atoms with E-state index in [1.807, 2.05) is 12.1 Å². The molecule has 1 aromatic heterocycles. The third kappa shape index (κ3) is 5.21. The van der Waals surface area contributed by atoms with Crippen molar-refractivity contribution in [2.45, 2.75) is 31.6 Å². The van der Waals surface area contributed by atoms with Crippen molar-refractivity contribution in [1.29, 1.82) is 5.26 Å². The zero-order valence-corrected chi connectivity index (χ0v) is 18.5. The van der Waals surface area contributed by atoms with Crippen LogP contribution in [-0.4, -0.2) is 54.3 Å². The second-order valence-corrected chi connectivity index (χ2v) is 8.06. The second-order valence-electron chi connectivity index (χ2n) is 8.06. The Hall–Kier alpha value is -2.53. The van der Waals surface area contributed by atoms with E-state index in [9.17, 15) is 10.4 Å². The van der Waals surface area contributed by atoms with Gasteiger partial charge in [-0.15, -0.1) is 12.4 Å². The van der Waals surface area contributed by atoms with E-state index >= 15 is 0 Å². The maximum Gasteiger partial charge on any atom is 0.142 e. The monoisotopic (exact) mass is 443 g/mol. The highest BCUT2D eigenvalue weighted by atomic mass is 35.5. The minimum atomic E-state index is 0. The number of aromatic nitrogens is 1. The fraction of sp³-hybridized carbons (Fsp3) is 0.478. The number of rotatable bonds is 6. The van der Waals surface area contributed by atoms with E-state index in [-0.39, 0.29) is 29.9 Å². The van der Waals surface area contributed by atoms with Crippen molar-refractivity contribution in [2.24, 2.45) is 0 Å². The lowest BCUT2D eigenvalue weighted by Crippen LogP contribution is -2.29. The van der Waals surface area contributed by atoms with E-state index in [1.54, 1.807) is 12.1 Å². The Bertz CT molecular complexity index is 934. The molecule has 0 saturated carbocycles. The number of nitrogens with one attached hydrogen (secondary N) is 1. The van der Waals surface area contributed by atoms with Crippen molar-refractivity contribution in [3.8, 4) is 28.8 Å². The molecule has 0 amide bonds. The van der Waals surface area contributed by atoms with Crippen LogP contribution < -0.4 is 15.8 Å². The van der Waals surface area contributed by atoms with Gasteiger partial charge in [-0.3, -0.25) is 4.90 Å². The summed E-state index contributed by atoms with van der Waals surface area (Å²) in [6, 6.07) is 9.35. The van der Waals surface area contributed by atoms with E-state index < -0.39 is 0 Å². The molecule has 2 aromatic rings. The van der Waals surface area contributed by atoms with Gasteiger partial charge >= 0.3 is 0 Å². The first-order chi connectivity index (χ1) is 14.7. The van der Waals surface area contributed by atoms with Crippen LogP contribution in [-0.2, 0) is 0 Å². The number of piperidine rings is 1. The maximum atomic E-state index is 10.6. The van der Waals surface area contributed by atoms with Gasteiger partial charge in [-0.05, 0) is 75.0 Å². The summed E-state index contributed by atoms with van der Waals surface area (Å²) in [6.07, 6.45) is 4.52. The molecule has 31 heavy (non-hydrogen) atoms. The molecule has 2 aliphatic heterocycles. The number of nitrogens with zero attached hydrogens (tertiary/aromatic N) is 3. The van der Waals surface area contributed by atoms with Gasteiger partial charge in [-0.25, -0.2) is 4.98 Å². The van der Waals surface area contributed by atoms with Gasteiger partial charge < -0.3 is 20.9 Å². The van der Waals surface area contributed by atoms with Crippen LogP contribution in [0, 0.1) is 11.3 Å². The number of nitriles is 1. The largest absolute Gasteiger partial charge is 0.507 e. The molecule has 1 aromatic carbocycles. The van der Waals surface area contributed by atoms with Crippen LogP contribution in [0.1, 0.15) is 42.7 Å². The summed E-state index contributed by atoms with van der Waals surface area (Å²) in [5.74, 6) is 1.07. The second kappa shape index (κ2) is 10.7. The highest BCUT2D eigenvalue weighted by molar-refractivity contribution is 5.85. The third-order valence-corrected chi connectivity index (χ3v) is 6.05. The molecule has 1 unspecified atom stereocenters. The number of phenols is 1. The van der Waals surface area contributed by atoms with Crippen LogP contribution in [0.4, 0.5) is 5.82 Å².